The first-order valence-corrected chi connectivity index (χ1v) is 16.3. The molecule has 9 atom stereocenters. The van der Waals surface area contributed by atoms with E-state index in [4.69, 9.17) is 0 Å². The zero-order valence-corrected chi connectivity index (χ0v) is 20.9. The van der Waals surface area contributed by atoms with E-state index in [1.807, 2.05) is 0 Å². The average molecular weight is 419 g/mol. The van der Waals surface area contributed by atoms with E-state index in [2.05, 4.69) is 26.4 Å². The summed E-state index contributed by atoms with van der Waals surface area (Å²) in [7, 11) is -0.532. The molecule has 0 bridgehead atoms. The van der Waals surface area contributed by atoms with Crippen molar-refractivity contribution in [2.45, 2.75) is 114 Å². The average Bonchev–Trinajstić information content (AvgIpc) is 3.24. The van der Waals surface area contributed by atoms with Crippen molar-refractivity contribution in [2.75, 3.05) is 12.5 Å². The highest BCUT2D eigenvalue weighted by molar-refractivity contribution is 8.33. The van der Waals surface area contributed by atoms with Crippen LogP contribution in [-0.2, 0) is 0 Å². The second-order valence-corrected chi connectivity index (χ2v) is 16.9. The lowest BCUT2D eigenvalue weighted by molar-refractivity contribution is 0.0994. The van der Waals surface area contributed by atoms with Gasteiger partial charge >= 0.3 is 0 Å². The SMILES string of the molecule is C[C@H]1C[C@H]2CCCCC2C1S(C)(C)C1C2CCC[C@H](C3CCCCC3)[C@@H]2C[C@@H]1C. The molecule has 1 heteroatoms. The van der Waals surface area contributed by atoms with E-state index in [9.17, 15) is 0 Å². The zero-order chi connectivity index (χ0) is 20.2. The molecule has 0 aliphatic heterocycles. The van der Waals surface area contributed by atoms with Crippen molar-refractivity contribution in [3.8, 4) is 0 Å². The predicted octanol–water partition coefficient (Wildman–Crippen LogP) is 8.29. The summed E-state index contributed by atoms with van der Waals surface area (Å²) >= 11 is 0. The highest BCUT2D eigenvalue weighted by Gasteiger charge is 2.56. The molecule has 0 aromatic heterocycles. The third-order valence-corrected chi connectivity index (χ3v) is 15.5. The molecule has 5 fully saturated rings. The lowest BCUT2D eigenvalue weighted by atomic mass is 9.65. The van der Waals surface area contributed by atoms with Crippen LogP contribution in [0, 0.1) is 47.3 Å². The Balaban J connectivity index is 1.38. The molecular formula is C28H50S. The van der Waals surface area contributed by atoms with Gasteiger partial charge in [-0.3, -0.25) is 0 Å². The number of fused-ring (bicyclic) bond motifs is 2. The van der Waals surface area contributed by atoms with Crippen LogP contribution in [0.1, 0.15) is 104 Å². The Morgan fingerprint density at radius 3 is 1.83 bits per heavy atom. The summed E-state index contributed by atoms with van der Waals surface area (Å²) in [5, 5.41) is 2.18. The standard InChI is InChI=1S/C28H50S/c1-19-17-22-13-8-9-14-24(22)27(19)29(3,4)28-20(2)18-26-23(15-10-16-25(26)28)21-11-6-5-7-12-21/h19-28H,5-18H2,1-4H3/t19-,20-,22+,23+,24?,25?,26-,27?,28?/m0/s1. The molecule has 0 heterocycles. The Morgan fingerprint density at radius 2 is 1.03 bits per heavy atom. The van der Waals surface area contributed by atoms with Crippen molar-refractivity contribution in [2.24, 2.45) is 47.3 Å². The van der Waals surface area contributed by atoms with E-state index in [-0.39, 0.29) is 0 Å². The fraction of sp³-hybridized carbons (Fsp3) is 1.00. The third-order valence-electron chi connectivity index (χ3n) is 11.1. The van der Waals surface area contributed by atoms with Crippen molar-refractivity contribution in [3.05, 3.63) is 0 Å². The molecule has 5 aliphatic carbocycles. The predicted molar refractivity (Wildman–Crippen MR) is 131 cm³/mol. The molecule has 0 spiro atoms. The van der Waals surface area contributed by atoms with Crippen LogP contribution in [0.4, 0.5) is 0 Å². The van der Waals surface area contributed by atoms with Crippen LogP contribution >= 0.6 is 10.0 Å². The minimum Gasteiger partial charge on any atom is -0.240 e. The third kappa shape index (κ3) is 3.66. The van der Waals surface area contributed by atoms with Gasteiger partial charge in [0.15, 0.2) is 0 Å². The second kappa shape index (κ2) is 8.37. The van der Waals surface area contributed by atoms with Gasteiger partial charge in [-0.2, -0.15) is 0 Å². The van der Waals surface area contributed by atoms with Crippen LogP contribution in [0.2, 0.25) is 0 Å². The molecule has 5 rings (SSSR count). The molecular weight excluding hydrogens is 368 g/mol. The number of hydrogen-bond acceptors (Lipinski definition) is 0. The van der Waals surface area contributed by atoms with Gasteiger partial charge in [0.25, 0.3) is 0 Å². The van der Waals surface area contributed by atoms with E-state index in [0.717, 1.165) is 57.8 Å². The van der Waals surface area contributed by atoms with Crippen LogP contribution in [0.15, 0.2) is 0 Å². The quantitative estimate of drug-likeness (QED) is 0.432. The van der Waals surface area contributed by atoms with Crippen molar-refractivity contribution in [3.63, 3.8) is 0 Å². The number of rotatable bonds is 3. The van der Waals surface area contributed by atoms with Gasteiger partial charge in [0.2, 0.25) is 0 Å². The van der Waals surface area contributed by atoms with Gasteiger partial charge in [0.1, 0.15) is 0 Å². The second-order valence-electron chi connectivity index (χ2n) is 12.9. The van der Waals surface area contributed by atoms with Crippen molar-refractivity contribution in [1.29, 1.82) is 0 Å². The molecule has 0 N–H and O–H groups in total. The molecule has 5 saturated carbocycles. The van der Waals surface area contributed by atoms with E-state index in [0.29, 0.717) is 0 Å². The van der Waals surface area contributed by atoms with Crippen molar-refractivity contribution < 1.29 is 0 Å². The maximum absolute atomic E-state index is 2.85. The smallest absolute Gasteiger partial charge is 0.00572 e. The van der Waals surface area contributed by atoms with Crippen molar-refractivity contribution in [1.82, 2.24) is 0 Å². The fourth-order valence-corrected chi connectivity index (χ4v) is 16.0. The number of hydrogen-bond donors (Lipinski definition) is 0. The topological polar surface area (TPSA) is 0 Å². The van der Waals surface area contributed by atoms with Crippen LogP contribution in [0.5, 0.6) is 0 Å². The fourth-order valence-electron chi connectivity index (χ4n) is 10.5. The van der Waals surface area contributed by atoms with Gasteiger partial charge in [-0.1, -0.05) is 71.6 Å². The molecule has 0 aromatic carbocycles. The molecule has 0 amide bonds. The molecule has 168 valence electrons. The Hall–Kier alpha value is 0.350. The molecule has 0 radical (unpaired) electrons. The van der Waals surface area contributed by atoms with Gasteiger partial charge in [-0.05, 0) is 102 Å². The van der Waals surface area contributed by atoms with Crippen LogP contribution in [-0.4, -0.2) is 23.0 Å². The summed E-state index contributed by atoms with van der Waals surface area (Å²) < 4.78 is 0. The highest BCUT2D eigenvalue weighted by atomic mass is 32.3. The molecule has 5 aliphatic rings. The Kier molecular flexibility index (Phi) is 6.12. The van der Waals surface area contributed by atoms with Gasteiger partial charge in [0, 0.05) is 0 Å². The minimum absolute atomic E-state index is 0.532. The van der Waals surface area contributed by atoms with E-state index < -0.39 is 10.0 Å². The van der Waals surface area contributed by atoms with Crippen molar-refractivity contribution >= 4 is 10.0 Å². The molecule has 0 nitrogen and oxygen atoms in total. The molecule has 0 saturated heterocycles. The largest absolute Gasteiger partial charge is 0.240 e. The molecule has 29 heavy (non-hydrogen) atoms. The Morgan fingerprint density at radius 1 is 0.483 bits per heavy atom. The first kappa shape index (κ1) is 21.2. The maximum Gasteiger partial charge on any atom is -0.00572 e. The monoisotopic (exact) mass is 418 g/mol. The molecule has 0 aromatic rings. The summed E-state index contributed by atoms with van der Waals surface area (Å²) in [6.45, 7) is 5.37. The van der Waals surface area contributed by atoms with E-state index in [1.165, 1.54) is 32.1 Å². The minimum atomic E-state index is -0.532. The summed E-state index contributed by atoms with van der Waals surface area (Å²) in [6, 6.07) is 0. The Labute approximate surface area is 184 Å². The Bertz CT molecular complexity index is 561. The summed E-state index contributed by atoms with van der Waals surface area (Å²) in [6.07, 6.45) is 27.6. The van der Waals surface area contributed by atoms with Crippen LogP contribution < -0.4 is 0 Å². The lowest BCUT2D eigenvalue weighted by Crippen LogP contribution is -2.41. The summed E-state index contributed by atoms with van der Waals surface area (Å²) in [4.78, 5) is 0. The van der Waals surface area contributed by atoms with Gasteiger partial charge in [0.05, 0.1) is 0 Å². The maximum atomic E-state index is 2.85. The van der Waals surface area contributed by atoms with Gasteiger partial charge < -0.3 is 0 Å². The van der Waals surface area contributed by atoms with Gasteiger partial charge in [-0.15, -0.1) is 0 Å². The van der Waals surface area contributed by atoms with E-state index in [1.54, 1.807) is 57.8 Å². The van der Waals surface area contributed by atoms with Crippen LogP contribution in [0.3, 0.4) is 0 Å². The van der Waals surface area contributed by atoms with E-state index >= 15 is 0 Å². The summed E-state index contributed by atoms with van der Waals surface area (Å²) in [5.74, 6) is 8.65. The first-order valence-electron chi connectivity index (χ1n) is 13.7. The lowest BCUT2D eigenvalue weighted by Gasteiger charge is -2.54. The van der Waals surface area contributed by atoms with Crippen LogP contribution in [0.25, 0.3) is 0 Å². The zero-order valence-electron chi connectivity index (χ0n) is 20.1. The highest BCUT2D eigenvalue weighted by Crippen LogP contribution is 2.70. The summed E-state index contributed by atoms with van der Waals surface area (Å²) in [5.41, 5.74) is 0. The molecule has 4 unspecified atom stereocenters. The van der Waals surface area contributed by atoms with Gasteiger partial charge in [-0.25, -0.2) is 10.0 Å². The first-order chi connectivity index (χ1) is 14.0. The normalized spacial score (nSPS) is 49.6.